The molecule has 0 saturated heterocycles. The molecule has 56 valence electrons. The summed E-state index contributed by atoms with van der Waals surface area (Å²) in [5, 5.41) is 0. The van der Waals surface area contributed by atoms with Crippen molar-refractivity contribution < 1.29 is 19.1 Å². The number of fused-ring (bicyclic) bond motifs is 1. The van der Waals surface area contributed by atoms with E-state index >= 15 is 0 Å². The molecule has 0 amide bonds. The van der Waals surface area contributed by atoms with Gasteiger partial charge in [-0.05, 0) is 6.08 Å². The second kappa shape index (κ2) is 1.95. The van der Waals surface area contributed by atoms with E-state index in [0.29, 0.717) is 5.76 Å². The van der Waals surface area contributed by atoms with Gasteiger partial charge in [0, 0.05) is 6.08 Å². The monoisotopic (exact) mass is 152 g/mol. The van der Waals surface area contributed by atoms with Gasteiger partial charge >= 0.3 is 11.9 Å². The molecular weight excluding hydrogens is 148 g/mol. The highest BCUT2D eigenvalue weighted by Gasteiger charge is 2.29. The van der Waals surface area contributed by atoms with Crippen LogP contribution >= 0.6 is 0 Å². The van der Waals surface area contributed by atoms with Crippen LogP contribution in [0.15, 0.2) is 23.5 Å². The van der Waals surface area contributed by atoms with Crippen molar-refractivity contribution in [2.24, 2.45) is 0 Å². The minimum Gasteiger partial charge on any atom is -0.458 e. The van der Waals surface area contributed by atoms with Crippen molar-refractivity contribution in [1.29, 1.82) is 0 Å². The number of carbonyl (C=O) groups excluding carboxylic acids is 2. The Balaban J connectivity index is 2.46. The molecule has 2 heterocycles. The van der Waals surface area contributed by atoms with Gasteiger partial charge in [0.1, 0.15) is 17.9 Å². The van der Waals surface area contributed by atoms with Crippen LogP contribution in [0.25, 0.3) is 0 Å². The van der Waals surface area contributed by atoms with Crippen molar-refractivity contribution in [2.75, 3.05) is 6.61 Å². The van der Waals surface area contributed by atoms with Gasteiger partial charge in [0.25, 0.3) is 0 Å². The minimum absolute atomic E-state index is 0.179. The van der Waals surface area contributed by atoms with Crippen molar-refractivity contribution in [3.8, 4) is 0 Å². The molecule has 0 bridgehead atoms. The lowest BCUT2D eigenvalue weighted by molar-refractivity contribution is -0.138. The molecule has 4 heteroatoms. The summed E-state index contributed by atoms with van der Waals surface area (Å²) < 4.78 is 9.29. The molecule has 0 aromatic heterocycles. The summed E-state index contributed by atoms with van der Waals surface area (Å²) in [6.45, 7) is 0.179. The molecule has 0 aromatic carbocycles. The van der Waals surface area contributed by atoms with Crippen molar-refractivity contribution in [1.82, 2.24) is 0 Å². The second-order valence-corrected chi connectivity index (χ2v) is 2.15. The predicted molar refractivity (Wildman–Crippen MR) is 33.2 cm³/mol. The Labute approximate surface area is 62.1 Å². The summed E-state index contributed by atoms with van der Waals surface area (Å²) in [5.74, 6) is -0.676. The first-order chi connectivity index (χ1) is 5.27. The Morgan fingerprint density at radius 3 is 2.91 bits per heavy atom. The van der Waals surface area contributed by atoms with Crippen molar-refractivity contribution in [3.05, 3.63) is 23.5 Å². The van der Waals surface area contributed by atoms with E-state index < -0.39 is 11.9 Å². The third kappa shape index (κ3) is 0.832. The van der Waals surface area contributed by atoms with Crippen molar-refractivity contribution in [2.45, 2.75) is 0 Å². The summed E-state index contributed by atoms with van der Waals surface area (Å²) in [5.41, 5.74) is 0.223. The highest BCUT2D eigenvalue weighted by Crippen LogP contribution is 2.23. The van der Waals surface area contributed by atoms with Gasteiger partial charge in [0.15, 0.2) is 0 Å². The van der Waals surface area contributed by atoms with Gasteiger partial charge in [-0.2, -0.15) is 0 Å². The van der Waals surface area contributed by atoms with E-state index in [2.05, 4.69) is 9.47 Å². The molecule has 0 fully saturated rings. The normalized spacial score (nSPS) is 21.5. The smallest absolute Gasteiger partial charge is 0.342 e. The van der Waals surface area contributed by atoms with Gasteiger partial charge in [0.2, 0.25) is 0 Å². The number of cyclic esters (lactones) is 1. The van der Waals surface area contributed by atoms with Crippen LogP contribution in [0, 0.1) is 0 Å². The molecule has 11 heavy (non-hydrogen) atoms. The lowest BCUT2D eigenvalue weighted by Crippen LogP contribution is -2.13. The zero-order valence-corrected chi connectivity index (χ0v) is 5.49. The maximum Gasteiger partial charge on any atom is 0.342 e. The fourth-order valence-corrected chi connectivity index (χ4v) is 0.964. The van der Waals surface area contributed by atoms with Crippen LogP contribution in [0.4, 0.5) is 0 Å². The minimum atomic E-state index is -0.509. The predicted octanol–water partition coefficient (Wildman–Crippen LogP) is -0.0897. The molecule has 0 atom stereocenters. The van der Waals surface area contributed by atoms with Gasteiger partial charge < -0.3 is 9.47 Å². The third-order valence-corrected chi connectivity index (χ3v) is 1.44. The van der Waals surface area contributed by atoms with Crippen LogP contribution in [0.5, 0.6) is 0 Å². The molecule has 0 aromatic rings. The largest absolute Gasteiger partial charge is 0.458 e. The zero-order chi connectivity index (χ0) is 7.84. The van der Waals surface area contributed by atoms with Crippen LogP contribution < -0.4 is 0 Å². The quantitative estimate of drug-likeness (QED) is 0.455. The maximum atomic E-state index is 10.9. The Hall–Kier alpha value is -1.58. The first-order valence-corrected chi connectivity index (χ1v) is 3.08. The van der Waals surface area contributed by atoms with Gasteiger partial charge in [-0.15, -0.1) is 0 Å². The van der Waals surface area contributed by atoms with Crippen LogP contribution in [-0.4, -0.2) is 18.5 Å². The Morgan fingerprint density at radius 1 is 1.36 bits per heavy atom. The fourth-order valence-electron chi connectivity index (χ4n) is 0.964. The van der Waals surface area contributed by atoms with Crippen molar-refractivity contribution >= 4 is 11.9 Å². The fraction of sp³-hybridized carbons (Fsp3) is 0.143. The van der Waals surface area contributed by atoms with Gasteiger partial charge in [-0.3, -0.25) is 0 Å². The van der Waals surface area contributed by atoms with E-state index in [1.807, 2.05) is 0 Å². The standard InChI is InChI=1S/C7H4O4/c8-6-3-4-5(11-6)1-2-10-7(4)9/h1,3H,2H2. The molecule has 0 aliphatic carbocycles. The molecule has 2 aliphatic rings. The van der Waals surface area contributed by atoms with Gasteiger partial charge in [0.05, 0.1) is 0 Å². The lowest BCUT2D eigenvalue weighted by Gasteiger charge is -2.08. The van der Waals surface area contributed by atoms with Crippen LogP contribution in [0.2, 0.25) is 0 Å². The Bertz CT molecular complexity index is 298. The summed E-state index contributed by atoms with van der Waals surface area (Å²) >= 11 is 0. The van der Waals surface area contributed by atoms with Crippen LogP contribution in [-0.2, 0) is 19.1 Å². The first-order valence-electron chi connectivity index (χ1n) is 3.08. The molecule has 0 spiro atoms. The Morgan fingerprint density at radius 2 is 2.18 bits per heavy atom. The van der Waals surface area contributed by atoms with E-state index in [0.717, 1.165) is 6.08 Å². The topological polar surface area (TPSA) is 52.6 Å². The lowest BCUT2D eigenvalue weighted by atomic mass is 10.2. The van der Waals surface area contributed by atoms with Crippen LogP contribution in [0.1, 0.15) is 0 Å². The van der Waals surface area contributed by atoms with E-state index in [4.69, 9.17) is 0 Å². The second-order valence-electron chi connectivity index (χ2n) is 2.15. The van der Waals surface area contributed by atoms with Gasteiger partial charge in [-0.25, -0.2) is 9.59 Å². The number of esters is 2. The number of hydrogen-bond acceptors (Lipinski definition) is 4. The number of rotatable bonds is 0. The van der Waals surface area contributed by atoms with E-state index in [9.17, 15) is 9.59 Å². The van der Waals surface area contributed by atoms with E-state index in [1.165, 1.54) is 0 Å². The van der Waals surface area contributed by atoms with Gasteiger partial charge in [-0.1, -0.05) is 0 Å². The summed E-state index contributed by atoms with van der Waals surface area (Å²) in [6, 6.07) is 0. The maximum absolute atomic E-state index is 10.9. The molecule has 4 nitrogen and oxygen atoms in total. The van der Waals surface area contributed by atoms with E-state index in [1.54, 1.807) is 6.08 Å². The molecule has 0 saturated carbocycles. The average molecular weight is 152 g/mol. The highest BCUT2D eigenvalue weighted by atomic mass is 16.6. The molecule has 0 unspecified atom stereocenters. The van der Waals surface area contributed by atoms with Crippen LogP contribution in [0.3, 0.4) is 0 Å². The number of hydrogen-bond donors (Lipinski definition) is 0. The summed E-state index contributed by atoms with van der Waals surface area (Å²) in [7, 11) is 0. The first kappa shape index (κ1) is 6.15. The van der Waals surface area contributed by atoms with Crippen molar-refractivity contribution in [3.63, 3.8) is 0 Å². The SMILES string of the molecule is O=C1C=C2C(=O)OCC=C2O1. The number of ether oxygens (including phenoxy) is 2. The van der Waals surface area contributed by atoms with E-state index in [-0.39, 0.29) is 12.2 Å². The average Bonchev–Trinajstić information content (AvgIpc) is 2.31. The zero-order valence-electron chi connectivity index (χ0n) is 5.49. The molecule has 2 aliphatic heterocycles. The molecular formula is C7H4O4. The third-order valence-electron chi connectivity index (χ3n) is 1.44. The molecule has 0 N–H and O–H groups in total. The highest BCUT2D eigenvalue weighted by molar-refractivity contribution is 6.04. The Kier molecular flexibility index (Phi) is 1.09. The summed E-state index contributed by atoms with van der Waals surface area (Å²) in [6.07, 6.45) is 2.69. The number of carbonyl (C=O) groups is 2. The molecule has 0 radical (unpaired) electrons. The summed E-state index contributed by atoms with van der Waals surface area (Å²) in [4.78, 5) is 21.5. The molecule has 2 rings (SSSR count).